The molecule has 0 aliphatic carbocycles. The molecule has 0 unspecified atom stereocenters. The summed E-state index contributed by atoms with van der Waals surface area (Å²) in [5.74, 6) is 0.925. The molecule has 2 aromatic heterocycles. The first-order chi connectivity index (χ1) is 34.4. The van der Waals surface area contributed by atoms with Gasteiger partial charge in [0.25, 0.3) is 0 Å². The van der Waals surface area contributed by atoms with Gasteiger partial charge in [-0.25, -0.2) is 9.98 Å². The van der Waals surface area contributed by atoms with Gasteiger partial charge in [0.05, 0.1) is 28.1 Å². The second kappa shape index (κ2) is 16.5. The van der Waals surface area contributed by atoms with Gasteiger partial charge in [0.15, 0.2) is 5.58 Å². The van der Waals surface area contributed by atoms with Crippen LogP contribution >= 0.6 is 11.8 Å². The van der Waals surface area contributed by atoms with Crippen LogP contribution in [0.1, 0.15) is 25.0 Å². The number of para-hydroxylation sites is 3. The van der Waals surface area contributed by atoms with Gasteiger partial charge in [-0.2, -0.15) is 0 Å². The zero-order chi connectivity index (χ0) is 46.9. The lowest BCUT2D eigenvalue weighted by molar-refractivity contribution is 0.620. The highest BCUT2D eigenvalue weighted by atomic mass is 32.2. The normalized spacial score (nSPS) is 13.3. The number of nitrogens with two attached hydrogens (primary N) is 1. The number of aliphatic imine (C=N–C) groups is 1. The van der Waals surface area contributed by atoms with Gasteiger partial charge in [-0.3, -0.25) is 4.57 Å². The molecule has 0 saturated heterocycles. The summed E-state index contributed by atoms with van der Waals surface area (Å²) in [5, 5.41) is 4.50. The fraction of sp³-hybridized carbons (Fsp3) is 0.0476. The second-order valence-corrected chi connectivity index (χ2v) is 19.5. The first-order valence-corrected chi connectivity index (χ1v) is 24.4. The van der Waals surface area contributed by atoms with Gasteiger partial charge in [-0.1, -0.05) is 159 Å². The molecule has 70 heavy (non-hydrogen) atoms. The van der Waals surface area contributed by atoms with Gasteiger partial charge < -0.3 is 15.1 Å². The Morgan fingerprint density at radius 2 is 1.21 bits per heavy atom. The smallest absolute Gasteiger partial charge is 0.227 e. The van der Waals surface area contributed by atoms with Crippen LogP contribution < -0.4 is 10.6 Å². The minimum Gasteiger partial charge on any atom is -0.436 e. The van der Waals surface area contributed by atoms with Crippen LogP contribution in [0.5, 0.6) is 0 Å². The van der Waals surface area contributed by atoms with E-state index in [1.165, 1.54) is 44.4 Å². The number of hydrogen-bond acceptors (Lipinski definition) is 5. The molecule has 334 valence electrons. The molecule has 0 radical (unpaired) electrons. The van der Waals surface area contributed by atoms with Crippen LogP contribution in [0.15, 0.2) is 244 Å². The summed E-state index contributed by atoms with van der Waals surface area (Å²) in [6.45, 7) is 4.67. The van der Waals surface area contributed by atoms with E-state index in [0.717, 1.165) is 65.2 Å². The number of hydrogen-bond donors (Lipinski definition) is 1. The van der Waals surface area contributed by atoms with Crippen molar-refractivity contribution in [1.29, 1.82) is 0 Å². The van der Waals surface area contributed by atoms with E-state index in [0.29, 0.717) is 17.4 Å². The molecule has 0 fully saturated rings. The number of oxazole rings is 1. The lowest BCUT2D eigenvalue weighted by Crippen LogP contribution is -2.30. The zero-order valence-electron chi connectivity index (χ0n) is 38.5. The third kappa shape index (κ3) is 6.96. The molecule has 3 heterocycles. The predicted molar refractivity (Wildman–Crippen MR) is 291 cm³/mol. The Labute approximate surface area is 410 Å². The number of anilines is 3. The Morgan fingerprint density at radius 3 is 2.07 bits per heavy atom. The summed E-state index contributed by atoms with van der Waals surface area (Å²) in [5.41, 5.74) is 22.7. The fourth-order valence-corrected chi connectivity index (χ4v) is 11.3. The molecule has 10 aromatic carbocycles. The third-order valence-electron chi connectivity index (χ3n) is 13.9. The van der Waals surface area contributed by atoms with Gasteiger partial charge in [0.2, 0.25) is 11.9 Å². The summed E-state index contributed by atoms with van der Waals surface area (Å²) in [4.78, 5) is 14.7. The highest BCUT2D eigenvalue weighted by Crippen LogP contribution is 2.53. The largest absolute Gasteiger partial charge is 0.436 e. The Kier molecular flexibility index (Phi) is 9.82. The molecule has 0 amide bonds. The summed E-state index contributed by atoms with van der Waals surface area (Å²) in [7, 11) is 0. The van der Waals surface area contributed by atoms with E-state index in [1.54, 1.807) is 11.8 Å². The van der Waals surface area contributed by atoms with Crippen LogP contribution in [0.2, 0.25) is 0 Å². The maximum atomic E-state index is 7.25. The lowest BCUT2D eigenvalue weighted by atomic mass is 9.73. The highest BCUT2D eigenvalue weighted by molar-refractivity contribution is 7.99. The average molecular weight is 920 g/mol. The predicted octanol–water partition coefficient (Wildman–Crippen LogP) is 16.8. The van der Waals surface area contributed by atoms with E-state index in [2.05, 4.69) is 205 Å². The topological polar surface area (TPSA) is 72.6 Å². The SMILES string of the molecule is CC1(C)c2ccccc2N(c2ccccc2)c2ccc(-c3ccc4c(c3)c3cc5oc(-c6ccccc6)nc5cc3n4C(N)=Nc3ccccc3Sc3ccc(-c4cccc5ccccc45)cc3)cc21. The summed E-state index contributed by atoms with van der Waals surface area (Å²) < 4.78 is 8.55. The maximum absolute atomic E-state index is 7.25. The fourth-order valence-electron chi connectivity index (χ4n) is 10.4. The molecule has 6 nitrogen and oxygen atoms in total. The van der Waals surface area contributed by atoms with Crippen molar-refractivity contribution in [2.24, 2.45) is 10.7 Å². The van der Waals surface area contributed by atoms with Gasteiger partial charge in [0.1, 0.15) is 5.52 Å². The van der Waals surface area contributed by atoms with Crippen molar-refractivity contribution >= 4 is 84.1 Å². The van der Waals surface area contributed by atoms with E-state index < -0.39 is 0 Å². The minimum atomic E-state index is -0.248. The molecule has 0 saturated carbocycles. The van der Waals surface area contributed by atoms with Crippen LogP contribution in [0.3, 0.4) is 0 Å². The summed E-state index contributed by atoms with van der Waals surface area (Å²) in [6, 6.07) is 79.2. The Bertz CT molecular complexity index is 4020. The van der Waals surface area contributed by atoms with Gasteiger partial charge in [-0.05, 0) is 135 Å². The van der Waals surface area contributed by atoms with E-state index in [-0.39, 0.29) is 5.41 Å². The number of rotatable bonds is 7. The van der Waals surface area contributed by atoms with Crippen molar-refractivity contribution in [2.75, 3.05) is 4.90 Å². The first-order valence-electron chi connectivity index (χ1n) is 23.6. The van der Waals surface area contributed by atoms with Crippen LogP contribution in [0.25, 0.3) is 77.4 Å². The molecule has 0 atom stereocenters. The number of fused-ring (bicyclic) bond motifs is 7. The van der Waals surface area contributed by atoms with Crippen molar-refractivity contribution in [1.82, 2.24) is 9.55 Å². The molecule has 1 aliphatic heterocycles. The van der Waals surface area contributed by atoms with E-state index in [4.69, 9.17) is 20.1 Å². The Hall–Kier alpha value is -8.65. The first kappa shape index (κ1) is 41.5. The van der Waals surface area contributed by atoms with Gasteiger partial charge in [-0.15, -0.1) is 0 Å². The quantitative estimate of drug-likeness (QED) is 0.127. The molecule has 12 aromatic rings. The monoisotopic (exact) mass is 919 g/mol. The van der Waals surface area contributed by atoms with Crippen LogP contribution in [-0.4, -0.2) is 15.5 Å². The number of benzene rings is 10. The van der Waals surface area contributed by atoms with Crippen LogP contribution in [0.4, 0.5) is 22.7 Å². The van der Waals surface area contributed by atoms with Crippen LogP contribution in [-0.2, 0) is 5.41 Å². The molecule has 0 bridgehead atoms. The maximum Gasteiger partial charge on any atom is 0.227 e. The molecule has 0 spiro atoms. The van der Waals surface area contributed by atoms with Crippen molar-refractivity contribution in [3.05, 3.63) is 236 Å². The van der Waals surface area contributed by atoms with Gasteiger partial charge in [0, 0.05) is 37.2 Å². The molecule has 1 aliphatic rings. The van der Waals surface area contributed by atoms with E-state index in [1.807, 2.05) is 42.5 Å². The van der Waals surface area contributed by atoms with Crippen molar-refractivity contribution in [3.63, 3.8) is 0 Å². The van der Waals surface area contributed by atoms with Crippen molar-refractivity contribution in [3.8, 4) is 33.7 Å². The van der Waals surface area contributed by atoms with Crippen molar-refractivity contribution < 1.29 is 4.42 Å². The van der Waals surface area contributed by atoms with E-state index >= 15 is 0 Å². The van der Waals surface area contributed by atoms with Crippen molar-refractivity contribution in [2.45, 2.75) is 29.1 Å². The highest BCUT2D eigenvalue weighted by Gasteiger charge is 2.37. The molecular formula is C63H45N5OS. The third-order valence-corrected chi connectivity index (χ3v) is 15.0. The number of aromatic nitrogens is 2. The molecule has 2 N–H and O–H groups in total. The zero-order valence-corrected chi connectivity index (χ0v) is 39.4. The summed E-state index contributed by atoms with van der Waals surface area (Å²) >= 11 is 1.68. The average Bonchev–Trinajstić information content (AvgIpc) is 3.97. The molecular weight excluding hydrogens is 875 g/mol. The Morgan fingerprint density at radius 1 is 0.543 bits per heavy atom. The lowest BCUT2D eigenvalue weighted by Gasteiger charge is -2.42. The summed E-state index contributed by atoms with van der Waals surface area (Å²) in [6.07, 6.45) is 0. The minimum absolute atomic E-state index is 0.248. The Balaban J connectivity index is 0.919. The standard InChI is InChI=1S/C63H45N5OS/c1-63(2)51-24-11-13-26-56(51)67(45-20-7-4-8-21-45)57-35-31-44(37-52(57)63)43-30-34-55-49(36-43)50-38-59-54(65-61(69-59)42-17-5-3-6-18-42)39-58(50)68(55)62(64)66-53-25-12-14-27-60(53)70-46-32-28-41(29-33-46)48-23-15-19-40-16-9-10-22-47(40)48/h3-39H,1-2H3,(H2,64,66). The molecule has 7 heteroatoms. The number of nitrogens with zero attached hydrogens (tertiary/aromatic N) is 4. The molecule has 13 rings (SSSR count). The van der Waals surface area contributed by atoms with Gasteiger partial charge >= 0.3 is 0 Å². The second-order valence-electron chi connectivity index (χ2n) is 18.4. The van der Waals surface area contributed by atoms with E-state index in [9.17, 15) is 0 Å². The van der Waals surface area contributed by atoms with Crippen LogP contribution in [0, 0.1) is 0 Å².